The van der Waals surface area contributed by atoms with Crippen LogP contribution in [0.2, 0.25) is 0 Å². The summed E-state index contributed by atoms with van der Waals surface area (Å²) < 4.78 is 56.4. The molecule has 2 aromatic heterocycles. The first-order valence-electron chi connectivity index (χ1n) is 21.0. The molecule has 0 aliphatic carbocycles. The predicted molar refractivity (Wildman–Crippen MR) is 238 cm³/mol. The average Bonchev–Trinajstić information content (AvgIpc) is 3.64. The number of pyridine rings is 1. The molecule has 0 bridgehead atoms. The van der Waals surface area contributed by atoms with Gasteiger partial charge < -0.3 is 35.4 Å². The van der Waals surface area contributed by atoms with Gasteiger partial charge in [0, 0.05) is 42.6 Å². The Bertz CT molecular complexity index is 2440. The number of esters is 1. The Morgan fingerprint density at radius 1 is 1.08 bits per heavy atom. The Morgan fingerprint density at radius 3 is 2.38 bits per heavy atom. The van der Waals surface area contributed by atoms with Crippen LogP contribution in [-0.2, 0) is 56.3 Å². The fourth-order valence-corrected chi connectivity index (χ4v) is 8.28. The molecule has 21 nitrogen and oxygen atoms in total. The summed E-state index contributed by atoms with van der Waals surface area (Å²) in [6.07, 6.45) is 1.01. The number of ether oxygens (including phenoxy) is 3. The fourth-order valence-electron chi connectivity index (χ4n) is 7.14. The van der Waals surface area contributed by atoms with Gasteiger partial charge >= 0.3 is 22.5 Å². The summed E-state index contributed by atoms with van der Waals surface area (Å²) in [7, 11) is -5.09. The number of thiazole rings is 1. The molecule has 6 rings (SSSR count). The first-order chi connectivity index (χ1) is 30.3. The number of fused-ring (bicyclic) bond motifs is 1. The molecule has 1 aromatic carbocycles. The maximum Gasteiger partial charge on any atom is 0.418 e. The second-order valence-electron chi connectivity index (χ2n) is 18.7. The van der Waals surface area contributed by atoms with Gasteiger partial charge in [0.05, 0.1) is 24.8 Å². The van der Waals surface area contributed by atoms with E-state index >= 15 is 0 Å². The third-order valence-electron chi connectivity index (χ3n) is 10.6. The highest BCUT2D eigenvalue weighted by Crippen LogP contribution is 2.38. The number of anilines is 2. The highest BCUT2D eigenvalue weighted by Gasteiger charge is 2.58. The van der Waals surface area contributed by atoms with Gasteiger partial charge in [0.15, 0.2) is 16.9 Å². The number of β-lactam (4-membered cyclic amide) rings is 1. The van der Waals surface area contributed by atoms with Gasteiger partial charge in [-0.2, -0.15) is 13.5 Å². The van der Waals surface area contributed by atoms with Crippen molar-refractivity contribution < 1.29 is 60.0 Å². The van der Waals surface area contributed by atoms with Gasteiger partial charge in [-0.3, -0.25) is 24.8 Å². The van der Waals surface area contributed by atoms with Gasteiger partial charge in [-0.25, -0.2) is 19.1 Å². The molecule has 3 aromatic rings. The van der Waals surface area contributed by atoms with Crippen molar-refractivity contribution in [2.24, 2.45) is 16.8 Å². The fraction of sp³-hybridized carbons (Fsp3) is 0.548. The molecule has 65 heavy (non-hydrogen) atoms. The van der Waals surface area contributed by atoms with Crippen LogP contribution in [0.4, 0.5) is 15.7 Å². The number of carbonyl (C=O) groups excluding carboxylic acids is 4. The zero-order valence-corrected chi connectivity index (χ0v) is 39.5. The predicted octanol–water partition coefficient (Wildman–Crippen LogP) is 3.09. The Morgan fingerprint density at radius 2 is 1.77 bits per heavy atom. The summed E-state index contributed by atoms with van der Waals surface area (Å²) in [6.45, 7) is 18.2. The number of carbonyl (C=O) groups is 4. The molecule has 0 radical (unpaired) electrons. The highest BCUT2D eigenvalue weighted by molar-refractivity contribution is 7.80. The number of nitrogens with zero attached hydrogens (tertiary/aromatic N) is 4. The normalized spacial score (nSPS) is 19.6. The molecule has 0 spiro atoms. The molecule has 3 amide bonds. The minimum atomic E-state index is -5.09. The lowest BCUT2D eigenvalue weighted by Gasteiger charge is -2.50. The van der Waals surface area contributed by atoms with Crippen molar-refractivity contribution in [2.75, 3.05) is 36.8 Å². The van der Waals surface area contributed by atoms with Crippen LogP contribution in [0.1, 0.15) is 80.0 Å². The zero-order chi connectivity index (χ0) is 47.7. The second-order valence-corrected chi connectivity index (χ2v) is 20.5. The van der Waals surface area contributed by atoms with Crippen LogP contribution in [0.25, 0.3) is 11.1 Å². The number of aromatic nitrogens is 2. The van der Waals surface area contributed by atoms with Crippen molar-refractivity contribution in [2.45, 2.75) is 116 Å². The number of hydrogen-bond donors (Lipinski definition) is 6. The van der Waals surface area contributed by atoms with E-state index in [-0.39, 0.29) is 17.2 Å². The number of oxime groups is 1. The van der Waals surface area contributed by atoms with Crippen molar-refractivity contribution in [3.63, 3.8) is 0 Å². The molecule has 3 atom stereocenters. The number of nitrogens with one attached hydrogen (secondary N) is 4. The lowest BCUT2D eigenvalue weighted by atomic mass is 9.84. The Hall–Kier alpha value is -5.46. The summed E-state index contributed by atoms with van der Waals surface area (Å²) >= 11 is 0.916. The van der Waals surface area contributed by atoms with E-state index in [1.54, 1.807) is 41.5 Å². The molecule has 3 aliphatic heterocycles. The third kappa shape index (κ3) is 11.9. The summed E-state index contributed by atoms with van der Waals surface area (Å²) in [4.78, 5) is 64.4. The van der Waals surface area contributed by atoms with E-state index in [2.05, 4.69) is 46.5 Å². The van der Waals surface area contributed by atoms with Crippen LogP contribution in [0.15, 0.2) is 47.1 Å². The summed E-state index contributed by atoms with van der Waals surface area (Å²) in [5.41, 5.74) is 2.64. The molecule has 7 N–H and O–H groups in total. The Kier molecular flexibility index (Phi) is 14.2. The molecule has 0 unspecified atom stereocenters. The summed E-state index contributed by atoms with van der Waals surface area (Å²) in [5, 5.41) is 17.7. The number of benzene rings is 1. The first-order valence-corrected chi connectivity index (χ1v) is 23.3. The maximum absolute atomic E-state index is 14.2. The van der Waals surface area contributed by atoms with Crippen LogP contribution in [0.3, 0.4) is 0 Å². The van der Waals surface area contributed by atoms with Gasteiger partial charge in [-0.1, -0.05) is 11.2 Å². The molecule has 354 valence electrons. The van der Waals surface area contributed by atoms with E-state index in [1.807, 2.05) is 30.3 Å². The van der Waals surface area contributed by atoms with Crippen LogP contribution in [0.5, 0.6) is 5.75 Å². The molecule has 3 aliphatic rings. The lowest BCUT2D eigenvalue weighted by molar-refractivity contribution is -0.690. The molecular formula is C42H58N9O12S2+. The Labute approximate surface area is 381 Å². The van der Waals surface area contributed by atoms with Gasteiger partial charge in [0.25, 0.3) is 23.2 Å². The minimum absolute atomic E-state index is 0.00806. The number of hydrogen-bond acceptors (Lipinski definition) is 17. The molecule has 23 heteroatoms. The standard InChI is InChI=1S/C42H57N9O12S2/c1-39(2,3)60-36(54)42(9,30-14-11-26-18-25(10-13-29(26)59-30)27-12-15-31(45-17-16-43)50(22-27)21-24-19-44-20-24)62-49-32(28-23-64-37(46-28)48-38(55)61-40(4,5)6)34(52)47-33-35(53)51(41(33,7)8)63-65(56,57)58/h10,12-13,15,18,22-24,30,33,44H,11,14,16-17,19-21,43H2,1-9H3,(H3,46,47,48,52,55,56,57,58)/p+1/b49-32-/t30-,33-,42+/m1/s1. The van der Waals surface area contributed by atoms with Gasteiger partial charge in [0.1, 0.15) is 28.7 Å². The number of aryl methyl sites for hydroxylation is 1. The molecule has 5 heterocycles. The summed E-state index contributed by atoms with van der Waals surface area (Å²) in [5.74, 6) is -0.916. The molecule has 2 saturated heterocycles. The van der Waals surface area contributed by atoms with E-state index in [1.165, 1.54) is 26.2 Å². The zero-order valence-electron chi connectivity index (χ0n) is 37.8. The van der Waals surface area contributed by atoms with Crippen molar-refractivity contribution in [1.82, 2.24) is 20.7 Å². The van der Waals surface area contributed by atoms with Gasteiger partial charge in [-0.15, -0.1) is 15.6 Å². The number of rotatable bonds is 16. The number of amides is 3. The van der Waals surface area contributed by atoms with Crippen molar-refractivity contribution in [1.29, 1.82) is 0 Å². The SMILES string of the molecule is CC(C)(C)OC(=O)Nc1nc(/C(=N/O[C@](C)(C(=O)OC(C)(C)C)[C@H]2CCc3cc(-c4ccc(NCCN)[n+](CC5CNC5)c4)ccc3O2)C(=O)N[C@@H]2C(=O)N(OS(=O)(=O)O)C2(C)C)cs1. The quantitative estimate of drug-likeness (QED) is 0.0301. The maximum atomic E-state index is 14.2. The lowest BCUT2D eigenvalue weighted by Crippen LogP contribution is -2.76. The number of nitrogens with two attached hydrogens (primary N) is 1. The molecular weight excluding hydrogens is 887 g/mol. The molecule has 2 fully saturated rings. The van der Waals surface area contributed by atoms with Crippen LogP contribution >= 0.6 is 11.3 Å². The monoisotopic (exact) mass is 944 g/mol. The Balaban J connectivity index is 1.30. The van der Waals surface area contributed by atoms with E-state index in [0.717, 1.165) is 53.5 Å². The van der Waals surface area contributed by atoms with Crippen LogP contribution < -0.4 is 36.3 Å². The molecule has 0 saturated carbocycles. The van der Waals surface area contributed by atoms with E-state index in [9.17, 15) is 32.1 Å². The smallest absolute Gasteiger partial charge is 0.418 e. The van der Waals surface area contributed by atoms with E-state index < -0.39 is 74.5 Å². The van der Waals surface area contributed by atoms with Gasteiger partial charge in [0.2, 0.25) is 0 Å². The van der Waals surface area contributed by atoms with Crippen molar-refractivity contribution >= 4 is 62.3 Å². The van der Waals surface area contributed by atoms with Crippen LogP contribution in [-0.4, -0.2) is 113 Å². The minimum Gasteiger partial charge on any atom is -0.485 e. The second kappa shape index (κ2) is 18.8. The third-order valence-corrected chi connectivity index (χ3v) is 11.7. The number of hydroxylamine groups is 2. The van der Waals surface area contributed by atoms with E-state index in [0.29, 0.717) is 36.2 Å². The summed E-state index contributed by atoms with van der Waals surface area (Å²) in [6, 6.07) is 8.51. The largest absolute Gasteiger partial charge is 0.485 e. The van der Waals surface area contributed by atoms with Crippen molar-refractivity contribution in [3.8, 4) is 16.9 Å². The van der Waals surface area contributed by atoms with Crippen molar-refractivity contribution in [3.05, 3.63) is 53.2 Å². The van der Waals surface area contributed by atoms with Gasteiger partial charge in [-0.05, 0) is 104 Å². The topological polar surface area (TPSA) is 275 Å². The first kappa shape index (κ1) is 49.0. The van der Waals surface area contributed by atoms with E-state index in [4.69, 9.17) is 24.8 Å². The van der Waals surface area contributed by atoms with Crippen LogP contribution in [0, 0.1) is 5.92 Å². The average molecular weight is 945 g/mol. The highest BCUT2D eigenvalue weighted by atomic mass is 32.3.